The van der Waals surface area contributed by atoms with Crippen LogP contribution in [0.25, 0.3) is 0 Å². The van der Waals surface area contributed by atoms with Crippen LogP contribution in [0.2, 0.25) is 0 Å². The van der Waals surface area contributed by atoms with Crippen LogP contribution in [0.1, 0.15) is 46.3 Å². The van der Waals surface area contributed by atoms with Crippen molar-refractivity contribution in [3.63, 3.8) is 0 Å². The van der Waals surface area contributed by atoms with E-state index in [1.165, 1.54) is 23.3 Å². The van der Waals surface area contributed by atoms with Crippen LogP contribution in [-0.2, 0) is 12.8 Å². The molecule has 1 saturated heterocycles. The maximum Gasteiger partial charge on any atom is 0.263 e. The van der Waals surface area contributed by atoms with Crippen molar-refractivity contribution in [2.45, 2.75) is 39.0 Å². The molecule has 1 aromatic heterocycles. The lowest BCUT2D eigenvalue weighted by atomic mass is 9.90. The zero-order chi connectivity index (χ0) is 14.8. The Morgan fingerprint density at radius 3 is 2.86 bits per heavy atom. The smallest absolute Gasteiger partial charge is 0.263 e. The van der Waals surface area contributed by atoms with E-state index in [0.29, 0.717) is 0 Å². The van der Waals surface area contributed by atoms with Crippen LogP contribution in [0.4, 0.5) is 0 Å². The molecule has 1 amide bonds. The first-order valence-electron chi connectivity index (χ1n) is 8.23. The largest absolute Gasteiger partial charge is 0.338 e. The van der Waals surface area contributed by atoms with Gasteiger partial charge in [-0.2, -0.15) is 0 Å². The summed E-state index contributed by atoms with van der Waals surface area (Å²) in [4.78, 5) is 17.2. The maximum atomic E-state index is 12.7. The minimum Gasteiger partial charge on any atom is -0.338 e. The molecule has 1 atom stereocenters. The molecule has 1 fully saturated rings. The highest BCUT2D eigenvalue weighted by atomic mass is 32.1. The predicted molar refractivity (Wildman–Crippen MR) is 88.1 cm³/mol. The van der Waals surface area contributed by atoms with Crippen LogP contribution in [0.5, 0.6) is 0 Å². The Balaban J connectivity index is 1.64. The molecule has 0 radical (unpaired) electrons. The fourth-order valence-electron chi connectivity index (χ4n) is 3.60. The van der Waals surface area contributed by atoms with E-state index in [4.69, 9.17) is 0 Å². The third-order valence-corrected chi connectivity index (χ3v) is 6.16. The minimum absolute atomic E-state index is 0.268. The lowest BCUT2D eigenvalue weighted by Gasteiger charge is -2.31. The molecule has 3 nitrogen and oxygen atoms in total. The van der Waals surface area contributed by atoms with Crippen LogP contribution in [0.3, 0.4) is 0 Å². The van der Waals surface area contributed by atoms with Gasteiger partial charge in [0.2, 0.25) is 0 Å². The van der Waals surface area contributed by atoms with Crippen molar-refractivity contribution >= 4 is 17.2 Å². The molecule has 116 valence electrons. The van der Waals surface area contributed by atoms with Gasteiger partial charge in [-0.05, 0) is 69.2 Å². The highest BCUT2D eigenvalue weighted by Gasteiger charge is 2.26. The van der Waals surface area contributed by atoms with Gasteiger partial charge in [-0.15, -0.1) is 11.3 Å². The van der Waals surface area contributed by atoms with Crippen LogP contribution < -0.4 is 5.32 Å². The van der Waals surface area contributed by atoms with E-state index in [1.54, 1.807) is 11.3 Å². The Kier molecular flexibility index (Phi) is 4.65. The minimum atomic E-state index is 0.268. The lowest BCUT2D eigenvalue weighted by Crippen LogP contribution is -2.40. The van der Waals surface area contributed by atoms with Crippen molar-refractivity contribution in [1.29, 1.82) is 0 Å². The molecular formula is C17H26N2OS. The van der Waals surface area contributed by atoms with Crippen LogP contribution in [-0.4, -0.2) is 37.5 Å². The molecular weight excluding hydrogens is 280 g/mol. The van der Waals surface area contributed by atoms with E-state index in [1.807, 2.05) is 7.05 Å². The molecule has 0 saturated carbocycles. The fourth-order valence-corrected chi connectivity index (χ4v) is 4.77. The molecule has 1 aliphatic carbocycles. The van der Waals surface area contributed by atoms with Crippen molar-refractivity contribution in [3.05, 3.63) is 21.4 Å². The number of hydrogen-bond acceptors (Lipinski definition) is 3. The van der Waals surface area contributed by atoms with E-state index in [9.17, 15) is 4.79 Å². The summed E-state index contributed by atoms with van der Waals surface area (Å²) in [6.45, 7) is 5.23. The summed E-state index contributed by atoms with van der Waals surface area (Å²) in [7, 11) is 2.01. The lowest BCUT2D eigenvalue weighted by molar-refractivity contribution is 0.0696. The second kappa shape index (κ2) is 6.49. The number of nitrogens with zero attached hydrogens (tertiary/aromatic N) is 1. The quantitative estimate of drug-likeness (QED) is 0.931. The number of hydrogen-bond donors (Lipinski definition) is 1. The molecule has 3 rings (SSSR count). The molecule has 0 aromatic carbocycles. The van der Waals surface area contributed by atoms with Gasteiger partial charge in [-0.1, -0.05) is 6.92 Å². The van der Waals surface area contributed by atoms with Crippen molar-refractivity contribution in [2.24, 2.45) is 11.8 Å². The van der Waals surface area contributed by atoms with Gasteiger partial charge in [-0.3, -0.25) is 4.79 Å². The van der Waals surface area contributed by atoms with Gasteiger partial charge >= 0.3 is 0 Å². The number of carbonyl (C=O) groups excluding carboxylic acids is 1. The summed E-state index contributed by atoms with van der Waals surface area (Å²) in [5, 5.41) is 3.25. The number of amides is 1. The molecule has 2 heterocycles. The topological polar surface area (TPSA) is 32.3 Å². The molecule has 21 heavy (non-hydrogen) atoms. The van der Waals surface area contributed by atoms with Gasteiger partial charge in [0.15, 0.2) is 0 Å². The molecule has 1 unspecified atom stereocenters. The fraction of sp³-hybridized carbons (Fsp3) is 0.706. The number of aryl methyl sites for hydroxylation is 1. The van der Waals surface area contributed by atoms with E-state index in [2.05, 4.69) is 23.2 Å². The highest BCUT2D eigenvalue weighted by Crippen LogP contribution is 2.33. The van der Waals surface area contributed by atoms with Crippen molar-refractivity contribution in [2.75, 3.05) is 26.7 Å². The van der Waals surface area contributed by atoms with E-state index < -0.39 is 0 Å². The second-order valence-corrected chi connectivity index (χ2v) is 7.84. The molecule has 1 aliphatic heterocycles. The number of nitrogens with one attached hydrogen (secondary N) is 1. The number of carbonyl (C=O) groups is 1. The van der Waals surface area contributed by atoms with Crippen molar-refractivity contribution in [1.82, 2.24) is 10.2 Å². The number of likely N-dealkylation sites (tertiary alicyclic amines) is 1. The van der Waals surface area contributed by atoms with Crippen LogP contribution in [0.15, 0.2) is 6.07 Å². The molecule has 2 aliphatic rings. The average Bonchev–Trinajstić information content (AvgIpc) is 2.90. The SMILES string of the molecule is CNCC1CCN(C(=O)c2cc3c(s2)CCC(C)C3)CC1. The van der Waals surface area contributed by atoms with Gasteiger partial charge < -0.3 is 10.2 Å². The monoisotopic (exact) mass is 306 g/mol. The summed E-state index contributed by atoms with van der Waals surface area (Å²) in [5.74, 6) is 1.77. The first-order chi connectivity index (χ1) is 10.2. The number of fused-ring (bicyclic) bond motifs is 1. The third kappa shape index (κ3) is 3.32. The van der Waals surface area contributed by atoms with Crippen LogP contribution in [0, 0.1) is 11.8 Å². The summed E-state index contributed by atoms with van der Waals surface area (Å²) >= 11 is 1.75. The number of rotatable bonds is 3. The summed E-state index contributed by atoms with van der Waals surface area (Å²) in [6, 6.07) is 2.18. The summed E-state index contributed by atoms with van der Waals surface area (Å²) in [5.41, 5.74) is 1.44. The normalized spacial score (nSPS) is 23.1. The highest BCUT2D eigenvalue weighted by molar-refractivity contribution is 7.14. The molecule has 0 bridgehead atoms. The number of piperidine rings is 1. The molecule has 0 spiro atoms. The van der Waals surface area contributed by atoms with Crippen molar-refractivity contribution in [3.8, 4) is 0 Å². The summed E-state index contributed by atoms with van der Waals surface area (Å²) < 4.78 is 0. The van der Waals surface area contributed by atoms with Crippen LogP contribution >= 0.6 is 11.3 Å². The van der Waals surface area contributed by atoms with Gasteiger partial charge in [0, 0.05) is 18.0 Å². The van der Waals surface area contributed by atoms with Gasteiger partial charge in [0.05, 0.1) is 4.88 Å². The van der Waals surface area contributed by atoms with Gasteiger partial charge in [-0.25, -0.2) is 0 Å². The predicted octanol–water partition coefficient (Wildman–Crippen LogP) is 2.94. The Hall–Kier alpha value is -0.870. The van der Waals surface area contributed by atoms with E-state index in [-0.39, 0.29) is 5.91 Å². The van der Waals surface area contributed by atoms with Crippen molar-refractivity contribution < 1.29 is 4.79 Å². The first-order valence-corrected chi connectivity index (χ1v) is 9.04. The zero-order valence-electron chi connectivity index (χ0n) is 13.2. The Bertz CT molecular complexity index is 503. The maximum absolute atomic E-state index is 12.7. The third-order valence-electron chi connectivity index (χ3n) is 4.93. The summed E-state index contributed by atoms with van der Waals surface area (Å²) in [6.07, 6.45) is 5.86. The Morgan fingerprint density at radius 2 is 2.14 bits per heavy atom. The van der Waals surface area contributed by atoms with E-state index in [0.717, 1.165) is 55.6 Å². The molecule has 1 N–H and O–H groups in total. The zero-order valence-corrected chi connectivity index (χ0v) is 14.0. The van der Waals surface area contributed by atoms with Gasteiger partial charge in [0.1, 0.15) is 0 Å². The molecule has 4 heteroatoms. The molecule has 1 aromatic rings. The standard InChI is InChI=1S/C17H26N2OS/c1-12-3-4-15-14(9-12)10-16(21-15)17(20)19-7-5-13(6-8-19)11-18-2/h10,12-13,18H,3-9,11H2,1-2H3. The first kappa shape index (κ1) is 15.0. The van der Waals surface area contributed by atoms with E-state index >= 15 is 0 Å². The Labute approximate surface area is 131 Å². The van der Waals surface area contributed by atoms with Gasteiger partial charge in [0.25, 0.3) is 5.91 Å². The average molecular weight is 306 g/mol. The Morgan fingerprint density at radius 1 is 1.38 bits per heavy atom. The second-order valence-electron chi connectivity index (χ2n) is 6.70. The number of thiophene rings is 1.